The fraction of sp³-hybridized carbons (Fsp3) is 0.455. The summed E-state index contributed by atoms with van der Waals surface area (Å²) in [5, 5.41) is 0. The Kier molecular flexibility index (Phi) is 3.26. The molecule has 1 aliphatic heterocycles. The van der Waals surface area contributed by atoms with Gasteiger partial charge in [0.2, 0.25) is 0 Å². The van der Waals surface area contributed by atoms with Crippen LogP contribution in [0.1, 0.15) is 12.0 Å². The van der Waals surface area contributed by atoms with Crippen LogP contribution in [0.5, 0.6) is 5.75 Å². The monoisotopic (exact) mass is 256 g/mol. The quantitative estimate of drug-likeness (QED) is 0.860. The zero-order valence-corrected chi connectivity index (χ0v) is 10.8. The van der Waals surface area contributed by atoms with E-state index in [9.17, 15) is 8.42 Å². The minimum Gasteiger partial charge on any atom is -0.495 e. The molecule has 0 amide bonds. The van der Waals surface area contributed by atoms with Gasteiger partial charge >= 0.3 is 10.2 Å². The number of methoxy groups -OCH3 is 1. The van der Waals surface area contributed by atoms with E-state index in [4.69, 9.17) is 4.74 Å². The zero-order chi connectivity index (χ0) is 12.5. The number of nitrogens with zero attached hydrogens (tertiary/aromatic N) is 1. The van der Waals surface area contributed by atoms with Crippen molar-refractivity contribution in [3.05, 3.63) is 23.8 Å². The van der Waals surface area contributed by atoms with E-state index in [2.05, 4.69) is 4.72 Å². The SMILES string of the molecule is COc1ccc(C)cc1N1CCCNS1(=O)=O. The van der Waals surface area contributed by atoms with Gasteiger partial charge < -0.3 is 4.74 Å². The maximum absolute atomic E-state index is 11.9. The fourth-order valence-electron chi connectivity index (χ4n) is 1.87. The van der Waals surface area contributed by atoms with Crippen molar-refractivity contribution in [2.75, 3.05) is 24.5 Å². The molecule has 1 aromatic carbocycles. The number of ether oxygens (including phenoxy) is 1. The van der Waals surface area contributed by atoms with Gasteiger partial charge in [-0.2, -0.15) is 13.1 Å². The first kappa shape index (κ1) is 12.2. The smallest absolute Gasteiger partial charge is 0.301 e. The highest BCUT2D eigenvalue weighted by Gasteiger charge is 2.27. The van der Waals surface area contributed by atoms with Crippen molar-refractivity contribution < 1.29 is 13.2 Å². The molecular weight excluding hydrogens is 240 g/mol. The molecule has 5 nitrogen and oxygen atoms in total. The van der Waals surface area contributed by atoms with Gasteiger partial charge in [0.25, 0.3) is 0 Å². The van der Waals surface area contributed by atoms with E-state index >= 15 is 0 Å². The molecule has 0 aromatic heterocycles. The van der Waals surface area contributed by atoms with Gasteiger partial charge in [-0.3, -0.25) is 4.31 Å². The van der Waals surface area contributed by atoms with Crippen LogP contribution in [-0.4, -0.2) is 28.6 Å². The van der Waals surface area contributed by atoms with Crippen LogP contribution in [0, 0.1) is 6.92 Å². The second kappa shape index (κ2) is 4.54. The van der Waals surface area contributed by atoms with Crippen LogP contribution in [0.15, 0.2) is 18.2 Å². The zero-order valence-electron chi connectivity index (χ0n) is 9.93. The maximum atomic E-state index is 11.9. The highest BCUT2D eigenvalue weighted by Crippen LogP contribution is 2.31. The molecule has 94 valence electrons. The number of hydrogen-bond donors (Lipinski definition) is 1. The minimum atomic E-state index is -3.42. The molecule has 0 saturated carbocycles. The molecule has 1 aliphatic rings. The van der Waals surface area contributed by atoms with E-state index in [0.29, 0.717) is 24.5 Å². The first-order valence-corrected chi connectivity index (χ1v) is 6.90. The molecule has 0 radical (unpaired) electrons. The van der Waals surface area contributed by atoms with Crippen LogP contribution in [0.25, 0.3) is 0 Å². The van der Waals surface area contributed by atoms with Crippen molar-refractivity contribution in [3.63, 3.8) is 0 Å². The number of rotatable bonds is 2. The average Bonchev–Trinajstić information content (AvgIpc) is 2.28. The third-order valence-corrected chi connectivity index (χ3v) is 4.24. The third kappa shape index (κ3) is 2.37. The second-order valence-corrected chi connectivity index (χ2v) is 5.68. The van der Waals surface area contributed by atoms with E-state index in [1.807, 2.05) is 19.1 Å². The van der Waals surface area contributed by atoms with Gasteiger partial charge in [-0.25, -0.2) is 0 Å². The van der Waals surface area contributed by atoms with Crippen molar-refractivity contribution in [2.24, 2.45) is 0 Å². The Balaban J connectivity index is 2.48. The molecule has 0 atom stereocenters. The summed E-state index contributed by atoms with van der Waals surface area (Å²) in [5.41, 5.74) is 1.60. The molecule has 0 spiro atoms. The Morgan fingerprint density at radius 2 is 2.18 bits per heavy atom. The molecule has 6 heteroatoms. The van der Waals surface area contributed by atoms with Crippen LogP contribution < -0.4 is 13.8 Å². The lowest BCUT2D eigenvalue weighted by Gasteiger charge is -2.29. The van der Waals surface area contributed by atoms with E-state index in [1.165, 1.54) is 11.4 Å². The van der Waals surface area contributed by atoms with Gasteiger partial charge in [-0.1, -0.05) is 6.07 Å². The molecule has 0 bridgehead atoms. The van der Waals surface area contributed by atoms with Crippen LogP contribution in [0.4, 0.5) is 5.69 Å². The number of anilines is 1. The highest BCUT2D eigenvalue weighted by atomic mass is 32.2. The number of nitrogens with one attached hydrogen (secondary N) is 1. The Hall–Kier alpha value is -1.27. The lowest BCUT2D eigenvalue weighted by molar-refractivity contribution is 0.415. The largest absolute Gasteiger partial charge is 0.495 e. The van der Waals surface area contributed by atoms with Crippen molar-refractivity contribution in [1.82, 2.24) is 4.72 Å². The molecule has 2 rings (SSSR count). The molecule has 1 heterocycles. The fourth-order valence-corrected chi connectivity index (χ4v) is 3.20. The van der Waals surface area contributed by atoms with E-state index in [-0.39, 0.29) is 0 Å². The maximum Gasteiger partial charge on any atom is 0.301 e. The lowest BCUT2D eigenvalue weighted by atomic mass is 10.2. The molecule has 1 aromatic rings. The Labute approximate surface area is 102 Å². The molecule has 0 aliphatic carbocycles. The van der Waals surface area contributed by atoms with Gasteiger partial charge in [0.15, 0.2) is 0 Å². The van der Waals surface area contributed by atoms with Crippen LogP contribution in [0.2, 0.25) is 0 Å². The summed E-state index contributed by atoms with van der Waals surface area (Å²) in [6, 6.07) is 5.50. The number of hydrogen-bond acceptors (Lipinski definition) is 3. The lowest BCUT2D eigenvalue weighted by Crippen LogP contribution is -2.47. The van der Waals surface area contributed by atoms with Crippen LogP contribution in [0.3, 0.4) is 0 Å². The van der Waals surface area contributed by atoms with Crippen LogP contribution in [-0.2, 0) is 10.2 Å². The van der Waals surface area contributed by atoms with Gasteiger partial charge in [0.1, 0.15) is 5.75 Å². The second-order valence-electron chi connectivity index (χ2n) is 4.00. The molecular formula is C11H16N2O3S. The molecule has 1 saturated heterocycles. The molecule has 1 N–H and O–H groups in total. The van der Waals surface area contributed by atoms with Gasteiger partial charge in [-0.05, 0) is 31.0 Å². The van der Waals surface area contributed by atoms with Gasteiger partial charge in [0.05, 0.1) is 12.8 Å². The van der Waals surface area contributed by atoms with E-state index in [0.717, 1.165) is 12.0 Å². The predicted octanol–water partition coefficient (Wildman–Crippen LogP) is 1.05. The molecule has 17 heavy (non-hydrogen) atoms. The van der Waals surface area contributed by atoms with E-state index < -0.39 is 10.2 Å². The first-order valence-electron chi connectivity index (χ1n) is 5.46. The summed E-state index contributed by atoms with van der Waals surface area (Å²) >= 11 is 0. The van der Waals surface area contributed by atoms with Gasteiger partial charge in [-0.15, -0.1) is 0 Å². The predicted molar refractivity (Wildman–Crippen MR) is 66.6 cm³/mol. The highest BCUT2D eigenvalue weighted by molar-refractivity contribution is 7.90. The standard InChI is InChI=1S/C11H16N2O3S/c1-9-4-5-11(16-2)10(8-9)13-7-3-6-12-17(13,14)15/h4-5,8,12H,3,6-7H2,1-2H3. The summed E-state index contributed by atoms with van der Waals surface area (Å²) in [6.45, 7) is 2.90. The normalized spacial score (nSPS) is 19.1. The Morgan fingerprint density at radius 1 is 1.41 bits per heavy atom. The van der Waals surface area contributed by atoms with Crippen molar-refractivity contribution in [2.45, 2.75) is 13.3 Å². The summed E-state index contributed by atoms with van der Waals surface area (Å²) < 4.78 is 32.9. The average molecular weight is 256 g/mol. The van der Waals surface area contributed by atoms with Crippen molar-refractivity contribution >= 4 is 15.9 Å². The first-order chi connectivity index (χ1) is 8.04. The molecule has 0 unspecified atom stereocenters. The van der Waals surface area contributed by atoms with Gasteiger partial charge in [0, 0.05) is 13.1 Å². The third-order valence-electron chi connectivity index (χ3n) is 2.72. The summed E-state index contributed by atoms with van der Waals surface area (Å²) in [5.74, 6) is 0.572. The summed E-state index contributed by atoms with van der Waals surface area (Å²) in [4.78, 5) is 0. The molecule has 1 fully saturated rings. The number of benzene rings is 1. The summed E-state index contributed by atoms with van der Waals surface area (Å²) in [6.07, 6.45) is 0.788. The Bertz CT molecular complexity index is 513. The van der Waals surface area contributed by atoms with Crippen LogP contribution >= 0.6 is 0 Å². The van der Waals surface area contributed by atoms with Crippen molar-refractivity contribution in [1.29, 1.82) is 0 Å². The summed E-state index contributed by atoms with van der Waals surface area (Å²) in [7, 11) is -1.88. The Morgan fingerprint density at radius 3 is 2.82 bits per heavy atom. The number of aryl methyl sites for hydroxylation is 1. The van der Waals surface area contributed by atoms with E-state index in [1.54, 1.807) is 6.07 Å². The topological polar surface area (TPSA) is 58.6 Å². The van der Waals surface area contributed by atoms with Crippen molar-refractivity contribution in [3.8, 4) is 5.75 Å². The minimum absolute atomic E-state index is 0.481.